The summed E-state index contributed by atoms with van der Waals surface area (Å²) in [4.78, 5) is 19.0. The van der Waals surface area contributed by atoms with Crippen LogP contribution in [0.15, 0.2) is 18.2 Å². The molecule has 0 unspecified atom stereocenters. The van der Waals surface area contributed by atoms with Gasteiger partial charge in [-0.25, -0.2) is 0 Å². The van der Waals surface area contributed by atoms with Crippen LogP contribution in [0.5, 0.6) is 0 Å². The van der Waals surface area contributed by atoms with Crippen LogP contribution in [0.3, 0.4) is 0 Å². The molecule has 0 aliphatic carbocycles. The summed E-state index contributed by atoms with van der Waals surface area (Å²) in [5, 5.41) is 0.878. The Labute approximate surface area is 155 Å². The number of nitrogens with zero attached hydrogens (tertiary/aromatic N) is 3. The van der Waals surface area contributed by atoms with Gasteiger partial charge in [0.05, 0.1) is 10.0 Å². The largest absolute Gasteiger partial charge is 0.340 e. The molecular weight excluding hydrogens is 345 g/mol. The molecule has 1 heterocycles. The fraction of sp³-hybridized carbons (Fsp3) is 0.611. The standard InChI is InChI=1S/C18H27Cl2N3O/c1-21(8-5-11-23-9-3-4-10-23)12-13-22(2)18(24)15-6-7-16(19)17(20)14-15/h6-7,14H,3-5,8-13H2,1-2H3. The summed E-state index contributed by atoms with van der Waals surface area (Å²) in [5.74, 6) is -0.0287. The summed E-state index contributed by atoms with van der Waals surface area (Å²) in [6, 6.07) is 5.00. The van der Waals surface area contributed by atoms with Crippen LogP contribution in [0.1, 0.15) is 29.6 Å². The van der Waals surface area contributed by atoms with Crippen molar-refractivity contribution in [1.82, 2.24) is 14.7 Å². The molecule has 2 rings (SSSR count). The van der Waals surface area contributed by atoms with Crippen molar-refractivity contribution in [1.29, 1.82) is 0 Å². The van der Waals surface area contributed by atoms with Crippen molar-refractivity contribution in [2.45, 2.75) is 19.3 Å². The van der Waals surface area contributed by atoms with Crippen molar-refractivity contribution < 1.29 is 4.79 Å². The molecule has 0 atom stereocenters. The maximum Gasteiger partial charge on any atom is 0.253 e. The van der Waals surface area contributed by atoms with Crippen molar-refractivity contribution >= 4 is 29.1 Å². The maximum atomic E-state index is 12.4. The highest BCUT2D eigenvalue weighted by Crippen LogP contribution is 2.23. The third-order valence-corrected chi connectivity index (χ3v) is 5.28. The number of carbonyl (C=O) groups is 1. The predicted molar refractivity (Wildman–Crippen MR) is 101 cm³/mol. The van der Waals surface area contributed by atoms with E-state index < -0.39 is 0 Å². The Hall–Kier alpha value is -0.810. The van der Waals surface area contributed by atoms with E-state index in [0.717, 1.165) is 13.1 Å². The van der Waals surface area contributed by atoms with E-state index >= 15 is 0 Å². The van der Waals surface area contributed by atoms with Crippen molar-refractivity contribution in [3.8, 4) is 0 Å². The normalized spacial score (nSPS) is 15.2. The van der Waals surface area contributed by atoms with E-state index in [1.807, 2.05) is 7.05 Å². The summed E-state index contributed by atoms with van der Waals surface area (Å²) < 4.78 is 0. The lowest BCUT2D eigenvalue weighted by atomic mass is 10.2. The van der Waals surface area contributed by atoms with E-state index in [0.29, 0.717) is 22.2 Å². The van der Waals surface area contributed by atoms with Gasteiger partial charge in [-0.1, -0.05) is 23.2 Å². The van der Waals surface area contributed by atoms with Gasteiger partial charge in [0.2, 0.25) is 0 Å². The van der Waals surface area contributed by atoms with E-state index in [4.69, 9.17) is 23.2 Å². The number of rotatable bonds is 8. The van der Waals surface area contributed by atoms with Crippen LogP contribution in [0, 0.1) is 0 Å². The molecule has 0 N–H and O–H groups in total. The van der Waals surface area contributed by atoms with Gasteiger partial charge in [0.1, 0.15) is 0 Å². The maximum absolute atomic E-state index is 12.4. The van der Waals surface area contributed by atoms with E-state index in [-0.39, 0.29) is 5.91 Å². The summed E-state index contributed by atoms with van der Waals surface area (Å²) >= 11 is 11.9. The number of benzene rings is 1. The first-order valence-electron chi connectivity index (χ1n) is 8.59. The van der Waals surface area contributed by atoms with Crippen LogP contribution < -0.4 is 0 Å². The Morgan fingerprint density at radius 3 is 2.46 bits per heavy atom. The van der Waals surface area contributed by atoms with Crippen LogP contribution in [0.2, 0.25) is 10.0 Å². The number of hydrogen-bond acceptors (Lipinski definition) is 3. The van der Waals surface area contributed by atoms with Gasteiger partial charge in [-0.05, 0) is 70.7 Å². The van der Waals surface area contributed by atoms with Gasteiger partial charge in [0.25, 0.3) is 5.91 Å². The van der Waals surface area contributed by atoms with Gasteiger partial charge >= 0.3 is 0 Å². The van der Waals surface area contributed by atoms with E-state index in [9.17, 15) is 4.79 Å². The highest BCUT2D eigenvalue weighted by Gasteiger charge is 2.14. The zero-order valence-corrected chi connectivity index (χ0v) is 16.1. The molecule has 0 radical (unpaired) electrons. The van der Waals surface area contributed by atoms with Crippen LogP contribution in [-0.4, -0.2) is 74.0 Å². The van der Waals surface area contributed by atoms with E-state index in [1.54, 1.807) is 23.1 Å². The van der Waals surface area contributed by atoms with Crippen molar-refractivity contribution in [3.05, 3.63) is 33.8 Å². The average molecular weight is 372 g/mol. The van der Waals surface area contributed by atoms with Crippen LogP contribution in [0.4, 0.5) is 0 Å². The molecule has 134 valence electrons. The van der Waals surface area contributed by atoms with Crippen LogP contribution >= 0.6 is 23.2 Å². The van der Waals surface area contributed by atoms with Crippen molar-refractivity contribution in [2.24, 2.45) is 0 Å². The molecule has 1 amide bonds. The minimum absolute atomic E-state index is 0.0287. The zero-order valence-electron chi connectivity index (χ0n) is 14.6. The fourth-order valence-corrected chi connectivity index (χ4v) is 3.25. The molecule has 1 aliphatic heterocycles. The monoisotopic (exact) mass is 371 g/mol. The summed E-state index contributed by atoms with van der Waals surface area (Å²) in [7, 11) is 3.93. The Morgan fingerprint density at radius 2 is 1.79 bits per heavy atom. The second-order valence-electron chi connectivity index (χ2n) is 6.56. The van der Waals surface area contributed by atoms with E-state index in [2.05, 4.69) is 16.8 Å². The molecule has 1 aliphatic rings. The van der Waals surface area contributed by atoms with E-state index in [1.165, 1.54) is 38.9 Å². The number of likely N-dealkylation sites (N-methyl/N-ethyl adjacent to an activating group) is 2. The number of halogens is 2. The highest BCUT2D eigenvalue weighted by molar-refractivity contribution is 6.42. The molecule has 1 fully saturated rings. The Bertz CT molecular complexity index is 547. The molecule has 1 saturated heterocycles. The Kier molecular flexibility index (Phi) is 7.82. The summed E-state index contributed by atoms with van der Waals surface area (Å²) in [5.41, 5.74) is 0.573. The van der Waals surface area contributed by atoms with Gasteiger partial charge in [0, 0.05) is 25.7 Å². The van der Waals surface area contributed by atoms with Crippen molar-refractivity contribution in [2.75, 3.05) is 53.4 Å². The minimum atomic E-state index is -0.0287. The van der Waals surface area contributed by atoms with Crippen LogP contribution in [-0.2, 0) is 0 Å². The first kappa shape index (κ1) is 19.5. The number of carbonyl (C=O) groups excluding carboxylic acids is 1. The van der Waals surface area contributed by atoms with Gasteiger partial charge in [0.15, 0.2) is 0 Å². The first-order chi connectivity index (χ1) is 11.5. The molecule has 24 heavy (non-hydrogen) atoms. The third-order valence-electron chi connectivity index (χ3n) is 4.54. The average Bonchev–Trinajstić information content (AvgIpc) is 3.08. The Balaban J connectivity index is 1.69. The highest BCUT2D eigenvalue weighted by atomic mass is 35.5. The topological polar surface area (TPSA) is 26.8 Å². The van der Waals surface area contributed by atoms with Crippen LogP contribution in [0.25, 0.3) is 0 Å². The molecule has 4 nitrogen and oxygen atoms in total. The number of amides is 1. The molecule has 1 aromatic carbocycles. The van der Waals surface area contributed by atoms with Crippen molar-refractivity contribution in [3.63, 3.8) is 0 Å². The third kappa shape index (κ3) is 5.92. The summed E-state index contributed by atoms with van der Waals surface area (Å²) in [6.45, 7) is 6.31. The second kappa shape index (κ2) is 9.62. The van der Waals surface area contributed by atoms with Gasteiger partial charge in [-0.2, -0.15) is 0 Å². The van der Waals surface area contributed by atoms with Gasteiger partial charge in [-0.15, -0.1) is 0 Å². The quantitative estimate of drug-likeness (QED) is 0.699. The smallest absolute Gasteiger partial charge is 0.253 e. The minimum Gasteiger partial charge on any atom is -0.340 e. The lowest BCUT2D eigenvalue weighted by molar-refractivity contribution is 0.0782. The first-order valence-corrected chi connectivity index (χ1v) is 9.34. The molecule has 1 aromatic rings. The molecule has 6 heteroatoms. The fourth-order valence-electron chi connectivity index (χ4n) is 2.95. The lowest BCUT2D eigenvalue weighted by Crippen LogP contribution is -2.35. The molecular formula is C18H27Cl2N3O. The van der Waals surface area contributed by atoms with Gasteiger partial charge in [-0.3, -0.25) is 4.79 Å². The lowest BCUT2D eigenvalue weighted by Gasteiger charge is -2.23. The molecule has 0 spiro atoms. The number of hydrogen-bond donors (Lipinski definition) is 0. The molecule has 0 aromatic heterocycles. The SMILES string of the molecule is CN(CCCN1CCCC1)CCN(C)C(=O)c1ccc(Cl)c(Cl)c1. The summed E-state index contributed by atoms with van der Waals surface area (Å²) in [6.07, 6.45) is 3.87. The Morgan fingerprint density at radius 1 is 1.08 bits per heavy atom. The molecule has 0 saturated carbocycles. The second-order valence-corrected chi connectivity index (χ2v) is 7.38. The number of likely N-dealkylation sites (tertiary alicyclic amines) is 1. The van der Waals surface area contributed by atoms with Gasteiger partial charge < -0.3 is 14.7 Å². The predicted octanol–water partition coefficient (Wildman–Crippen LogP) is 3.48. The molecule has 0 bridgehead atoms. The zero-order chi connectivity index (χ0) is 17.5.